The molecule has 0 amide bonds. The van der Waals surface area contributed by atoms with Crippen molar-refractivity contribution in [2.45, 2.75) is 20.8 Å². The van der Waals surface area contributed by atoms with Crippen molar-refractivity contribution in [3.8, 4) is 23.0 Å². The van der Waals surface area contributed by atoms with Crippen LogP contribution in [0.3, 0.4) is 0 Å². The molecule has 0 aromatic heterocycles. The van der Waals surface area contributed by atoms with Crippen molar-refractivity contribution in [3.63, 3.8) is 0 Å². The van der Waals surface area contributed by atoms with Crippen molar-refractivity contribution >= 4 is 13.2 Å². The van der Waals surface area contributed by atoms with Gasteiger partial charge in [0.25, 0.3) is 0 Å². The first-order valence-corrected chi connectivity index (χ1v) is 8.87. The van der Waals surface area contributed by atoms with Gasteiger partial charge in [-0.15, -0.1) is 0 Å². The number of fused-ring (bicyclic) bond motifs is 1. The van der Waals surface area contributed by atoms with E-state index in [1.54, 1.807) is 6.92 Å². The van der Waals surface area contributed by atoms with Crippen molar-refractivity contribution in [3.05, 3.63) is 51.8 Å². The zero-order chi connectivity index (χ0) is 17.8. The highest BCUT2D eigenvalue weighted by atomic mass is 31.2. The summed E-state index contributed by atoms with van der Waals surface area (Å²) in [7, 11) is -4.07. The summed E-state index contributed by atoms with van der Waals surface area (Å²) in [6.07, 6.45) is 0. The Bertz CT molecular complexity index is 945. The molecule has 3 rings (SSSR count). The maximum atomic E-state index is 12.3. The molecular formula is C17H17O6P. The molecule has 2 aromatic rings. The van der Waals surface area contributed by atoms with Crippen LogP contribution in [0.25, 0.3) is 5.57 Å². The second-order valence-electron chi connectivity index (χ2n) is 5.87. The van der Waals surface area contributed by atoms with Crippen LogP contribution in [0.1, 0.15) is 27.8 Å². The van der Waals surface area contributed by atoms with Gasteiger partial charge in [-0.05, 0) is 49.6 Å². The highest BCUT2D eigenvalue weighted by Gasteiger charge is 2.33. The number of hydrogen-bond acceptors (Lipinski definition) is 5. The Morgan fingerprint density at radius 2 is 1.67 bits per heavy atom. The second-order valence-corrected chi connectivity index (χ2v) is 7.44. The zero-order valence-corrected chi connectivity index (χ0v) is 14.3. The van der Waals surface area contributed by atoms with Crippen LogP contribution in [0, 0.1) is 20.8 Å². The number of phenols is 3. The van der Waals surface area contributed by atoms with Gasteiger partial charge in [0.1, 0.15) is 5.75 Å². The fraction of sp³-hybridized carbons (Fsp3) is 0.176. The summed E-state index contributed by atoms with van der Waals surface area (Å²) in [6.45, 7) is 5.48. The van der Waals surface area contributed by atoms with E-state index in [0.717, 1.165) is 22.5 Å². The fourth-order valence-corrected chi connectivity index (χ4v) is 4.01. The summed E-state index contributed by atoms with van der Waals surface area (Å²) in [4.78, 5) is 10.0. The van der Waals surface area contributed by atoms with E-state index in [-0.39, 0.29) is 16.9 Å². The molecule has 0 saturated carbocycles. The van der Waals surface area contributed by atoms with Crippen LogP contribution < -0.4 is 4.52 Å². The normalized spacial score (nSPS) is 19.4. The third-order valence-corrected chi connectivity index (χ3v) is 5.22. The minimum absolute atomic E-state index is 0.135. The van der Waals surface area contributed by atoms with Gasteiger partial charge in [-0.2, -0.15) is 0 Å². The van der Waals surface area contributed by atoms with E-state index >= 15 is 0 Å². The lowest BCUT2D eigenvalue weighted by atomic mass is 9.90. The highest BCUT2D eigenvalue weighted by Crippen LogP contribution is 2.57. The smallest absolute Gasteiger partial charge is 0.401 e. The van der Waals surface area contributed by atoms with Gasteiger partial charge < -0.3 is 24.7 Å². The van der Waals surface area contributed by atoms with E-state index in [2.05, 4.69) is 0 Å². The van der Waals surface area contributed by atoms with E-state index in [1.165, 1.54) is 12.1 Å². The van der Waals surface area contributed by atoms with Gasteiger partial charge in [0.2, 0.25) is 5.75 Å². The van der Waals surface area contributed by atoms with Crippen LogP contribution in [-0.4, -0.2) is 20.2 Å². The molecule has 1 atom stereocenters. The minimum Gasteiger partial charge on any atom is -0.504 e. The first-order chi connectivity index (χ1) is 11.1. The molecule has 1 heterocycles. The Morgan fingerprint density at radius 3 is 2.33 bits per heavy atom. The number of aryl methyl sites for hydroxylation is 2. The standard InChI is InChI=1S/C17H17O6P/c1-8-6-9(2)14-12(7-24(21,22)23-17(14)10(8)3)11-4-5-13(18)16(20)15(11)19/h4-7,18-20H,1-3H3,(H,21,22). The third-order valence-electron chi connectivity index (χ3n) is 4.19. The lowest BCUT2D eigenvalue weighted by molar-refractivity contribution is 0.367. The number of rotatable bonds is 1. The predicted octanol–water partition coefficient (Wildman–Crippen LogP) is 3.70. The van der Waals surface area contributed by atoms with E-state index in [0.29, 0.717) is 5.56 Å². The van der Waals surface area contributed by atoms with E-state index in [4.69, 9.17) is 4.52 Å². The van der Waals surface area contributed by atoms with Crippen LogP contribution in [0.5, 0.6) is 23.0 Å². The van der Waals surface area contributed by atoms with Crippen LogP contribution in [0.15, 0.2) is 24.0 Å². The molecule has 24 heavy (non-hydrogen) atoms. The number of benzene rings is 2. The molecule has 4 N–H and O–H groups in total. The molecule has 1 aliphatic heterocycles. The van der Waals surface area contributed by atoms with Crippen molar-refractivity contribution < 1.29 is 29.3 Å². The largest absolute Gasteiger partial charge is 0.504 e. The van der Waals surface area contributed by atoms with Gasteiger partial charge in [-0.3, -0.25) is 0 Å². The molecule has 0 aliphatic carbocycles. The van der Waals surface area contributed by atoms with Gasteiger partial charge in [0, 0.05) is 22.5 Å². The van der Waals surface area contributed by atoms with Gasteiger partial charge in [-0.25, -0.2) is 4.57 Å². The molecule has 0 radical (unpaired) electrons. The summed E-state index contributed by atoms with van der Waals surface area (Å²) >= 11 is 0. The Kier molecular flexibility index (Phi) is 3.62. The monoisotopic (exact) mass is 348 g/mol. The van der Waals surface area contributed by atoms with E-state index < -0.39 is 24.8 Å². The quantitative estimate of drug-likeness (QED) is 0.462. The first-order valence-electron chi connectivity index (χ1n) is 7.23. The number of hydrogen-bond donors (Lipinski definition) is 4. The molecule has 0 bridgehead atoms. The Hall–Kier alpha value is -2.43. The minimum atomic E-state index is -4.07. The molecule has 126 valence electrons. The average Bonchev–Trinajstić information content (AvgIpc) is 2.49. The number of aromatic hydroxyl groups is 3. The fourth-order valence-electron chi connectivity index (χ4n) is 2.88. The summed E-state index contributed by atoms with van der Waals surface area (Å²) in [5.74, 6) is -0.402. The maximum Gasteiger partial charge on any atom is 0.401 e. The summed E-state index contributed by atoms with van der Waals surface area (Å²) in [6, 6.07) is 4.50. The maximum absolute atomic E-state index is 12.3. The molecule has 7 heteroatoms. The van der Waals surface area contributed by atoms with Crippen molar-refractivity contribution in [2.24, 2.45) is 0 Å². The molecule has 0 spiro atoms. The van der Waals surface area contributed by atoms with Crippen LogP contribution in [0.2, 0.25) is 0 Å². The van der Waals surface area contributed by atoms with Crippen LogP contribution >= 0.6 is 7.60 Å². The number of phenolic OH excluding ortho intramolecular Hbond substituents is 3. The molecule has 2 aromatic carbocycles. The Morgan fingerprint density at radius 1 is 1.00 bits per heavy atom. The highest BCUT2D eigenvalue weighted by molar-refractivity contribution is 7.57. The predicted molar refractivity (Wildman–Crippen MR) is 89.6 cm³/mol. The molecule has 1 unspecified atom stereocenters. The lowest BCUT2D eigenvalue weighted by Gasteiger charge is -2.26. The Balaban J connectivity index is 2.38. The summed E-state index contributed by atoms with van der Waals surface area (Å²) < 4.78 is 17.6. The van der Waals surface area contributed by atoms with Gasteiger partial charge >= 0.3 is 7.60 Å². The zero-order valence-electron chi connectivity index (χ0n) is 13.4. The van der Waals surface area contributed by atoms with Crippen LogP contribution in [0.4, 0.5) is 0 Å². The summed E-state index contributed by atoms with van der Waals surface area (Å²) in [5.41, 5.74) is 3.40. The summed E-state index contributed by atoms with van der Waals surface area (Å²) in [5, 5.41) is 29.4. The van der Waals surface area contributed by atoms with Crippen LogP contribution in [-0.2, 0) is 4.57 Å². The van der Waals surface area contributed by atoms with Crippen molar-refractivity contribution in [2.75, 3.05) is 0 Å². The first kappa shape index (κ1) is 16.4. The molecule has 1 aliphatic rings. The van der Waals surface area contributed by atoms with Crippen molar-refractivity contribution in [1.82, 2.24) is 0 Å². The second kappa shape index (κ2) is 5.30. The molecule has 6 nitrogen and oxygen atoms in total. The molecule has 0 saturated heterocycles. The van der Waals surface area contributed by atoms with E-state index in [1.807, 2.05) is 19.9 Å². The third kappa shape index (κ3) is 2.44. The Labute approximate surface area is 138 Å². The molecular weight excluding hydrogens is 331 g/mol. The SMILES string of the molecule is Cc1cc(C)c2c(c1C)OP(=O)(O)C=C2c1ccc(O)c(O)c1O. The van der Waals surface area contributed by atoms with Gasteiger partial charge in [-0.1, -0.05) is 6.07 Å². The molecule has 0 fully saturated rings. The average molecular weight is 348 g/mol. The topological polar surface area (TPSA) is 107 Å². The van der Waals surface area contributed by atoms with E-state index in [9.17, 15) is 24.8 Å². The van der Waals surface area contributed by atoms with Gasteiger partial charge in [0.05, 0.1) is 0 Å². The van der Waals surface area contributed by atoms with Crippen molar-refractivity contribution in [1.29, 1.82) is 0 Å². The van der Waals surface area contributed by atoms with Gasteiger partial charge in [0.15, 0.2) is 11.5 Å². The lowest BCUT2D eigenvalue weighted by Crippen LogP contribution is -2.07.